The normalized spacial score (nSPS) is 14.0. The summed E-state index contributed by atoms with van der Waals surface area (Å²) >= 11 is 1.64. The van der Waals surface area contributed by atoms with Crippen molar-refractivity contribution in [1.29, 1.82) is 0 Å². The largest absolute Gasteiger partial charge is 0.497 e. The van der Waals surface area contributed by atoms with Gasteiger partial charge in [-0.05, 0) is 30.7 Å². The minimum atomic E-state index is -0.642. The van der Waals surface area contributed by atoms with Crippen molar-refractivity contribution < 1.29 is 14.9 Å². The molecule has 1 aromatic carbocycles. The molecule has 5 heteroatoms. The number of methoxy groups -OCH3 is 1. The third-order valence-corrected chi connectivity index (χ3v) is 4.13. The molecule has 4 nitrogen and oxygen atoms in total. The van der Waals surface area contributed by atoms with Gasteiger partial charge in [0.2, 0.25) is 0 Å². The van der Waals surface area contributed by atoms with E-state index in [2.05, 4.69) is 18.3 Å². The lowest BCUT2D eigenvalue weighted by Gasteiger charge is -2.20. The van der Waals surface area contributed by atoms with Gasteiger partial charge in [0.05, 0.1) is 19.8 Å². The Labute approximate surface area is 125 Å². The summed E-state index contributed by atoms with van der Waals surface area (Å²) in [6, 6.07) is 8.27. The Hall–Kier alpha value is -0.750. The highest BCUT2D eigenvalue weighted by atomic mass is 32.2. The third-order valence-electron chi connectivity index (χ3n) is 2.94. The molecular weight excluding hydrogens is 274 g/mol. The first-order chi connectivity index (χ1) is 9.71. The summed E-state index contributed by atoms with van der Waals surface area (Å²) in [5.41, 5.74) is 1.18. The molecule has 2 atom stereocenters. The molecule has 0 aromatic heterocycles. The molecule has 0 radical (unpaired) electrons. The fraction of sp³-hybridized carbons (Fsp3) is 0.600. The van der Waals surface area contributed by atoms with Crippen molar-refractivity contribution in [3.8, 4) is 5.75 Å². The summed E-state index contributed by atoms with van der Waals surface area (Å²) in [5.74, 6) is 2.25. The molecule has 0 heterocycles. The average molecular weight is 299 g/mol. The number of benzene rings is 1. The van der Waals surface area contributed by atoms with Crippen molar-refractivity contribution >= 4 is 11.8 Å². The molecule has 3 N–H and O–H groups in total. The van der Waals surface area contributed by atoms with Crippen LogP contribution in [0.2, 0.25) is 0 Å². The lowest BCUT2D eigenvalue weighted by atomic mass is 10.1. The number of nitrogens with one attached hydrogen (secondary N) is 1. The number of rotatable bonds is 10. The predicted molar refractivity (Wildman–Crippen MR) is 84.4 cm³/mol. The van der Waals surface area contributed by atoms with Crippen LogP contribution in [0.25, 0.3) is 0 Å². The SMILES string of the molecule is CCCNC(CSCC(O)CO)c1cccc(OC)c1. The van der Waals surface area contributed by atoms with Crippen LogP contribution in [0.1, 0.15) is 24.9 Å². The molecule has 0 saturated heterocycles. The molecular formula is C15H25NO3S. The molecule has 0 aliphatic rings. The molecule has 114 valence electrons. The van der Waals surface area contributed by atoms with Crippen LogP contribution in [-0.2, 0) is 0 Å². The molecule has 2 unspecified atom stereocenters. The number of aliphatic hydroxyl groups excluding tert-OH is 2. The van der Waals surface area contributed by atoms with E-state index in [0.717, 1.165) is 24.5 Å². The van der Waals surface area contributed by atoms with Crippen molar-refractivity contribution in [3.05, 3.63) is 29.8 Å². The number of hydrogen-bond acceptors (Lipinski definition) is 5. The maximum absolute atomic E-state index is 9.39. The highest BCUT2D eigenvalue weighted by Gasteiger charge is 2.12. The van der Waals surface area contributed by atoms with Crippen LogP contribution >= 0.6 is 11.8 Å². The van der Waals surface area contributed by atoms with E-state index in [9.17, 15) is 5.11 Å². The van der Waals surface area contributed by atoms with E-state index in [-0.39, 0.29) is 12.6 Å². The van der Waals surface area contributed by atoms with Gasteiger partial charge in [-0.1, -0.05) is 19.1 Å². The summed E-state index contributed by atoms with van der Waals surface area (Å²) in [7, 11) is 1.67. The van der Waals surface area contributed by atoms with Crippen molar-refractivity contribution in [1.82, 2.24) is 5.32 Å². The van der Waals surface area contributed by atoms with E-state index in [1.807, 2.05) is 18.2 Å². The quantitative estimate of drug-likeness (QED) is 0.615. The van der Waals surface area contributed by atoms with Crippen LogP contribution in [0.3, 0.4) is 0 Å². The van der Waals surface area contributed by atoms with Crippen LogP contribution in [0.4, 0.5) is 0 Å². The number of ether oxygens (including phenoxy) is 1. The van der Waals surface area contributed by atoms with Crippen LogP contribution in [0, 0.1) is 0 Å². The van der Waals surface area contributed by atoms with E-state index >= 15 is 0 Å². The average Bonchev–Trinajstić information content (AvgIpc) is 2.50. The zero-order valence-corrected chi connectivity index (χ0v) is 13.0. The molecule has 0 aliphatic heterocycles. The highest BCUT2D eigenvalue weighted by molar-refractivity contribution is 7.99. The van der Waals surface area contributed by atoms with Crippen LogP contribution in [0.15, 0.2) is 24.3 Å². The minimum absolute atomic E-state index is 0.181. The maximum atomic E-state index is 9.39. The molecule has 0 aliphatic carbocycles. The summed E-state index contributed by atoms with van der Waals surface area (Å²) in [6.45, 7) is 2.91. The first-order valence-electron chi connectivity index (χ1n) is 6.95. The number of aliphatic hydroxyl groups is 2. The summed E-state index contributed by atoms with van der Waals surface area (Å²) in [4.78, 5) is 0. The van der Waals surface area contributed by atoms with Crippen molar-refractivity contribution in [2.45, 2.75) is 25.5 Å². The van der Waals surface area contributed by atoms with Crippen LogP contribution in [0.5, 0.6) is 5.75 Å². The van der Waals surface area contributed by atoms with Gasteiger partial charge < -0.3 is 20.3 Å². The molecule has 0 saturated carbocycles. The zero-order valence-electron chi connectivity index (χ0n) is 12.2. The van der Waals surface area contributed by atoms with Gasteiger partial charge >= 0.3 is 0 Å². The fourth-order valence-corrected chi connectivity index (χ4v) is 2.88. The van der Waals surface area contributed by atoms with Gasteiger partial charge in [0.25, 0.3) is 0 Å². The van der Waals surface area contributed by atoms with E-state index in [4.69, 9.17) is 9.84 Å². The topological polar surface area (TPSA) is 61.7 Å². The lowest BCUT2D eigenvalue weighted by molar-refractivity contribution is 0.113. The Bertz CT molecular complexity index is 376. The molecule has 1 aromatic rings. The third kappa shape index (κ3) is 6.13. The van der Waals surface area contributed by atoms with Crippen molar-refractivity contribution in [2.75, 3.05) is 31.8 Å². The molecule has 0 bridgehead atoms. The van der Waals surface area contributed by atoms with E-state index < -0.39 is 6.10 Å². The molecule has 0 amide bonds. The molecule has 0 fully saturated rings. The van der Waals surface area contributed by atoms with Gasteiger partial charge in [-0.3, -0.25) is 0 Å². The van der Waals surface area contributed by atoms with Gasteiger partial charge in [0.15, 0.2) is 0 Å². The lowest BCUT2D eigenvalue weighted by Crippen LogP contribution is -2.25. The highest BCUT2D eigenvalue weighted by Crippen LogP contribution is 2.22. The number of hydrogen-bond donors (Lipinski definition) is 3. The summed E-state index contributed by atoms with van der Waals surface area (Å²) in [6.07, 6.45) is 0.432. The van der Waals surface area contributed by atoms with E-state index in [1.165, 1.54) is 5.56 Å². The van der Waals surface area contributed by atoms with E-state index in [1.54, 1.807) is 18.9 Å². The van der Waals surface area contributed by atoms with Crippen LogP contribution < -0.4 is 10.1 Å². The van der Waals surface area contributed by atoms with Gasteiger partial charge in [0.1, 0.15) is 5.75 Å². The second kappa shape index (κ2) is 10.0. The van der Waals surface area contributed by atoms with Crippen molar-refractivity contribution in [2.24, 2.45) is 0 Å². The van der Waals surface area contributed by atoms with Crippen molar-refractivity contribution in [3.63, 3.8) is 0 Å². The minimum Gasteiger partial charge on any atom is -0.497 e. The Morgan fingerprint density at radius 2 is 2.15 bits per heavy atom. The maximum Gasteiger partial charge on any atom is 0.119 e. The molecule has 0 spiro atoms. The second-order valence-corrected chi connectivity index (χ2v) is 5.73. The van der Waals surface area contributed by atoms with Gasteiger partial charge in [-0.2, -0.15) is 11.8 Å². The second-order valence-electron chi connectivity index (χ2n) is 4.66. The Morgan fingerprint density at radius 3 is 2.80 bits per heavy atom. The standard InChI is InChI=1S/C15H25NO3S/c1-3-7-16-15(11-20-10-13(18)9-17)12-5-4-6-14(8-12)19-2/h4-6,8,13,15-18H,3,7,9-11H2,1-2H3. The first kappa shape index (κ1) is 17.3. The Kier molecular flexibility index (Phi) is 8.69. The smallest absolute Gasteiger partial charge is 0.119 e. The molecule has 1 rings (SSSR count). The summed E-state index contributed by atoms with van der Waals surface area (Å²) < 4.78 is 5.26. The van der Waals surface area contributed by atoms with Crippen LogP contribution in [-0.4, -0.2) is 48.1 Å². The fourth-order valence-electron chi connectivity index (χ4n) is 1.82. The van der Waals surface area contributed by atoms with E-state index in [0.29, 0.717) is 5.75 Å². The summed E-state index contributed by atoms with van der Waals surface area (Å²) in [5, 5.41) is 21.7. The predicted octanol–water partition coefficient (Wildman–Crippen LogP) is 1.82. The first-order valence-corrected chi connectivity index (χ1v) is 8.10. The Balaban J connectivity index is 2.62. The number of thioether (sulfide) groups is 1. The van der Waals surface area contributed by atoms with Gasteiger partial charge in [-0.15, -0.1) is 0 Å². The zero-order chi connectivity index (χ0) is 14.8. The van der Waals surface area contributed by atoms with Gasteiger partial charge in [-0.25, -0.2) is 0 Å². The van der Waals surface area contributed by atoms with Gasteiger partial charge in [0, 0.05) is 17.5 Å². The Morgan fingerprint density at radius 1 is 1.35 bits per heavy atom. The monoisotopic (exact) mass is 299 g/mol. The molecule has 20 heavy (non-hydrogen) atoms.